The van der Waals surface area contributed by atoms with E-state index in [1.807, 2.05) is 17.0 Å². The van der Waals surface area contributed by atoms with Gasteiger partial charge in [0, 0.05) is 0 Å². The number of rotatable bonds is 4. The van der Waals surface area contributed by atoms with Crippen molar-refractivity contribution in [1.82, 2.24) is 0 Å². The first-order chi connectivity index (χ1) is 6.51. The zero-order valence-electron chi connectivity index (χ0n) is 7.43. The number of allylic oxidation sites excluding steroid dienone is 1. The van der Waals surface area contributed by atoms with E-state index in [0.717, 1.165) is 12.2 Å². The van der Waals surface area contributed by atoms with Crippen LogP contribution in [0.25, 0.3) is 0 Å². The second-order valence-electron chi connectivity index (χ2n) is 2.20. The SMILES string of the molecule is COC(=O)C=C(N)/C=C(\[CH]=[V])C(=O)O. The average Bonchev–Trinajstić information content (AvgIpc) is 2.13. The molecule has 0 aromatic rings. The third-order valence-electron chi connectivity index (χ3n) is 1.19. The summed E-state index contributed by atoms with van der Waals surface area (Å²) in [4.78, 5) is 21.2. The molecule has 3 N–H and O–H groups in total. The second kappa shape index (κ2) is 6.18. The van der Waals surface area contributed by atoms with Crippen LogP contribution in [0.3, 0.4) is 0 Å². The summed E-state index contributed by atoms with van der Waals surface area (Å²) < 4.78 is 5.62. The monoisotopic (exact) mass is 234 g/mol. The van der Waals surface area contributed by atoms with Crippen molar-refractivity contribution in [3.05, 3.63) is 23.4 Å². The van der Waals surface area contributed by atoms with Crippen molar-refractivity contribution in [1.29, 1.82) is 0 Å². The van der Waals surface area contributed by atoms with Crippen LogP contribution in [0.1, 0.15) is 0 Å². The molecule has 0 saturated heterocycles. The summed E-state index contributed by atoms with van der Waals surface area (Å²) in [5, 5.41) is 8.60. The number of esters is 1. The Kier molecular flexibility index (Phi) is 5.59. The van der Waals surface area contributed by atoms with Crippen LogP contribution in [-0.4, -0.2) is 28.9 Å². The van der Waals surface area contributed by atoms with E-state index in [0.29, 0.717) is 0 Å². The summed E-state index contributed by atoms with van der Waals surface area (Å²) in [7, 11) is 1.21. The molecule has 0 fully saturated rings. The topological polar surface area (TPSA) is 89.6 Å². The Morgan fingerprint density at radius 1 is 1.43 bits per heavy atom. The van der Waals surface area contributed by atoms with Gasteiger partial charge in [0.1, 0.15) is 0 Å². The second-order valence-corrected chi connectivity index (χ2v) is 2.60. The van der Waals surface area contributed by atoms with Gasteiger partial charge in [-0.15, -0.1) is 0 Å². The van der Waals surface area contributed by atoms with Gasteiger partial charge < -0.3 is 0 Å². The van der Waals surface area contributed by atoms with Crippen LogP contribution in [-0.2, 0) is 31.3 Å². The quantitative estimate of drug-likeness (QED) is 0.383. The molecule has 0 bridgehead atoms. The van der Waals surface area contributed by atoms with E-state index >= 15 is 0 Å². The maximum absolute atomic E-state index is 10.7. The van der Waals surface area contributed by atoms with E-state index in [4.69, 9.17) is 10.8 Å². The van der Waals surface area contributed by atoms with Gasteiger partial charge in [0.25, 0.3) is 0 Å². The Morgan fingerprint density at radius 2 is 2.00 bits per heavy atom. The van der Waals surface area contributed by atoms with Gasteiger partial charge in [-0.25, -0.2) is 0 Å². The van der Waals surface area contributed by atoms with E-state index in [-0.39, 0.29) is 11.3 Å². The van der Waals surface area contributed by atoms with Gasteiger partial charge in [0.15, 0.2) is 0 Å². The fourth-order valence-electron chi connectivity index (χ4n) is 0.570. The van der Waals surface area contributed by atoms with Crippen molar-refractivity contribution in [2.75, 3.05) is 7.11 Å². The third-order valence-corrected chi connectivity index (χ3v) is 1.63. The Bertz CT molecular complexity index is 319. The number of carbonyl (C=O) groups excluding carboxylic acids is 1. The van der Waals surface area contributed by atoms with Crippen LogP contribution >= 0.6 is 0 Å². The molecule has 0 amide bonds. The molecular formula is C8H9NO4V. The standard InChI is InChI=1S/C8H9NO4.V/c1-5(8(11)12)3-6(9)4-7(10)13-2;/h1,3-4H,9H2,2H3,(H,11,12);/b5-3+,6-4?;. The summed E-state index contributed by atoms with van der Waals surface area (Å²) >= 11 is 1.99. The summed E-state index contributed by atoms with van der Waals surface area (Å²) in [6, 6.07) is 0. The van der Waals surface area contributed by atoms with Crippen LogP contribution in [0.5, 0.6) is 0 Å². The van der Waals surface area contributed by atoms with E-state index in [9.17, 15) is 9.59 Å². The number of ether oxygens (including phenoxy) is 1. The molecule has 6 heteroatoms. The molecule has 14 heavy (non-hydrogen) atoms. The predicted molar refractivity (Wildman–Crippen MR) is 46.1 cm³/mol. The summed E-state index contributed by atoms with van der Waals surface area (Å²) in [6.45, 7) is 0. The zero-order chi connectivity index (χ0) is 11.1. The van der Waals surface area contributed by atoms with Gasteiger partial charge in [-0.2, -0.15) is 0 Å². The molecule has 0 unspecified atom stereocenters. The zero-order valence-corrected chi connectivity index (χ0v) is 8.83. The molecule has 0 aliphatic heterocycles. The van der Waals surface area contributed by atoms with Crippen molar-refractivity contribution < 1.29 is 36.4 Å². The van der Waals surface area contributed by atoms with Crippen LogP contribution in [0.15, 0.2) is 23.4 Å². The first-order valence-corrected chi connectivity index (χ1v) is 4.29. The van der Waals surface area contributed by atoms with Crippen LogP contribution < -0.4 is 5.73 Å². The molecule has 5 nitrogen and oxygen atoms in total. The Hall–Kier alpha value is -1.33. The van der Waals surface area contributed by atoms with E-state index < -0.39 is 11.9 Å². The van der Waals surface area contributed by atoms with Crippen molar-refractivity contribution in [2.24, 2.45) is 5.73 Å². The van der Waals surface area contributed by atoms with E-state index in [1.165, 1.54) is 11.8 Å². The molecule has 0 aliphatic carbocycles. The maximum atomic E-state index is 10.7. The molecule has 0 rings (SSSR count). The fraction of sp³-hybridized carbons (Fsp3) is 0.125. The molecule has 0 spiro atoms. The normalized spacial score (nSPS) is 12.0. The van der Waals surface area contributed by atoms with E-state index in [2.05, 4.69) is 4.74 Å². The minimum atomic E-state index is -1.12. The number of nitrogens with two attached hydrogens (primary N) is 1. The minimum absolute atomic E-state index is 0.0114. The van der Waals surface area contributed by atoms with Crippen molar-refractivity contribution in [3.8, 4) is 0 Å². The molecule has 0 radical (unpaired) electrons. The number of carbonyl (C=O) groups is 2. The van der Waals surface area contributed by atoms with Gasteiger partial charge in [0.05, 0.1) is 0 Å². The average molecular weight is 234 g/mol. The molecule has 75 valence electrons. The van der Waals surface area contributed by atoms with Crippen LogP contribution in [0, 0.1) is 0 Å². The van der Waals surface area contributed by atoms with E-state index in [1.54, 1.807) is 0 Å². The summed E-state index contributed by atoms with van der Waals surface area (Å²) in [6.07, 6.45) is 2.16. The number of hydrogen-bond acceptors (Lipinski definition) is 4. The molecular weight excluding hydrogens is 225 g/mol. The Morgan fingerprint density at radius 3 is 2.36 bits per heavy atom. The van der Waals surface area contributed by atoms with Crippen LogP contribution in [0.4, 0.5) is 0 Å². The van der Waals surface area contributed by atoms with Gasteiger partial charge >= 0.3 is 89.3 Å². The van der Waals surface area contributed by atoms with Gasteiger partial charge in [0.2, 0.25) is 0 Å². The molecule has 0 saturated carbocycles. The van der Waals surface area contributed by atoms with Gasteiger partial charge in [-0.05, 0) is 0 Å². The number of aliphatic carboxylic acids is 1. The van der Waals surface area contributed by atoms with Gasteiger partial charge in [-0.1, -0.05) is 0 Å². The molecule has 0 heterocycles. The summed E-state index contributed by atoms with van der Waals surface area (Å²) in [5.74, 6) is -1.75. The first kappa shape index (κ1) is 12.7. The molecule has 0 aliphatic rings. The number of hydrogen-bond donors (Lipinski definition) is 2. The number of methoxy groups -OCH3 is 1. The molecule has 0 atom stereocenters. The Balaban J connectivity index is 4.78. The fourth-order valence-corrected chi connectivity index (χ4v) is 0.859. The molecule has 0 aromatic carbocycles. The molecule has 0 aromatic heterocycles. The Labute approximate surface area is 89.7 Å². The predicted octanol–water partition coefficient (Wildman–Crippen LogP) is -0.638. The van der Waals surface area contributed by atoms with Crippen LogP contribution in [0.2, 0.25) is 0 Å². The van der Waals surface area contributed by atoms with Crippen molar-refractivity contribution in [3.63, 3.8) is 0 Å². The van der Waals surface area contributed by atoms with Gasteiger partial charge in [-0.3, -0.25) is 0 Å². The number of carboxylic acid groups (broad SMARTS) is 1. The number of carboxylic acids is 1. The first-order valence-electron chi connectivity index (χ1n) is 3.48. The van der Waals surface area contributed by atoms with Crippen molar-refractivity contribution in [2.45, 2.75) is 0 Å². The summed E-state index contributed by atoms with van der Waals surface area (Å²) in [5.41, 5.74) is 5.37. The van der Waals surface area contributed by atoms with Crippen molar-refractivity contribution >= 4 is 16.7 Å². The third kappa shape index (κ3) is 4.64.